The molecule has 0 spiro atoms. The Kier molecular flexibility index (Phi) is 5.26. The Morgan fingerprint density at radius 2 is 2.07 bits per heavy atom. The van der Waals surface area contributed by atoms with Crippen LogP contribution in [0.5, 0.6) is 5.75 Å². The summed E-state index contributed by atoms with van der Waals surface area (Å²) in [5.41, 5.74) is 2.07. The number of alkyl halides is 3. The highest BCUT2D eigenvalue weighted by Gasteiger charge is 2.37. The summed E-state index contributed by atoms with van der Waals surface area (Å²) in [6.07, 6.45) is -3.18. The molecule has 1 N–H and O–H groups in total. The number of amides is 1. The minimum Gasteiger partial charge on any atom is -0.494 e. The maximum Gasteiger partial charge on any atom is 0.408 e. The fourth-order valence-electron chi connectivity index (χ4n) is 2.69. The van der Waals surface area contributed by atoms with Crippen LogP contribution in [0.15, 0.2) is 36.7 Å². The molecule has 6 nitrogen and oxygen atoms in total. The number of hydrogen-bond donors (Lipinski definition) is 1. The molecule has 28 heavy (non-hydrogen) atoms. The normalized spacial score (nSPS) is 12.8. The zero-order valence-corrected chi connectivity index (χ0v) is 15.5. The number of rotatable bonds is 5. The number of fused-ring (bicyclic) bond motifs is 1. The summed E-state index contributed by atoms with van der Waals surface area (Å²) in [5.74, 6) is -0.260. The maximum absolute atomic E-state index is 12.7. The van der Waals surface area contributed by atoms with Gasteiger partial charge in [-0.2, -0.15) is 13.2 Å². The van der Waals surface area contributed by atoms with E-state index >= 15 is 0 Å². The number of carbonyl (C=O) groups is 1. The van der Waals surface area contributed by atoms with E-state index in [4.69, 9.17) is 4.74 Å². The van der Waals surface area contributed by atoms with E-state index in [1.165, 1.54) is 6.33 Å². The second-order valence-corrected chi connectivity index (χ2v) is 6.27. The second-order valence-electron chi connectivity index (χ2n) is 6.27. The van der Waals surface area contributed by atoms with Crippen molar-refractivity contribution in [2.24, 2.45) is 0 Å². The average molecular weight is 392 g/mol. The van der Waals surface area contributed by atoms with Crippen molar-refractivity contribution in [2.75, 3.05) is 6.61 Å². The largest absolute Gasteiger partial charge is 0.494 e. The number of halogens is 3. The molecule has 3 rings (SSSR count). The van der Waals surface area contributed by atoms with Gasteiger partial charge >= 0.3 is 6.18 Å². The lowest BCUT2D eigenvalue weighted by Crippen LogP contribution is -2.43. The van der Waals surface area contributed by atoms with Crippen molar-refractivity contribution >= 4 is 11.6 Å². The van der Waals surface area contributed by atoms with E-state index in [2.05, 4.69) is 9.97 Å². The Bertz CT molecular complexity index is 1010. The highest BCUT2D eigenvalue weighted by molar-refractivity contribution is 5.98. The summed E-state index contributed by atoms with van der Waals surface area (Å²) in [7, 11) is 0. The van der Waals surface area contributed by atoms with E-state index in [0.717, 1.165) is 18.2 Å². The van der Waals surface area contributed by atoms with Gasteiger partial charge in [-0.3, -0.25) is 9.20 Å². The van der Waals surface area contributed by atoms with Gasteiger partial charge in [0.2, 0.25) is 0 Å². The van der Waals surface area contributed by atoms with Gasteiger partial charge in [-0.15, -0.1) is 0 Å². The molecule has 0 aliphatic rings. The molecule has 0 bridgehead atoms. The highest BCUT2D eigenvalue weighted by Crippen LogP contribution is 2.25. The average Bonchev–Trinajstić information content (AvgIpc) is 3.06. The predicted octanol–water partition coefficient (Wildman–Crippen LogP) is 3.78. The Balaban J connectivity index is 2.01. The van der Waals surface area contributed by atoms with Gasteiger partial charge in [0.25, 0.3) is 5.91 Å². The summed E-state index contributed by atoms with van der Waals surface area (Å²) in [4.78, 5) is 20.8. The third-order valence-corrected chi connectivity index (χ3v) is 4.19. The van der Waals surface area contributed by atoms with Crippen LogP contribution in [-0.4, -0.2) is 39.1 Å². The molecule has 3 aromatic rings. The quantitative estimate of drug-likeness (QED) is 0.718. The number of nitrogens with zero attached hydrogens (tertiary/aromatic N) is 3. The number of benzene rings is 1. The number of aryl methyl sites for hydroxylation is 1. The van der Waals surface area contributed by atoms with E-state index in [1.807, 2.05) is 36.5 Å². The molecular formula is C19H19F3N4O2. The van der Waals surface area contributed by atoms with Gasteiger partial charge in [-0.25, -0.2) is 9.97 Å². The fraction of sp³-hybridized carbons (Fsp3) is 0.316. The molecule has 2 aromatic heterocycles. The Morgan fingerprint density at radius 1 is 1.32 bits per heavy atom. The monoisotopic (exact) mass is 392 g/mol. The lowest BCUT2D eigenvalue weighted by Gasteiger charge is -2.16. The molecule has 1 unspecified atom stereocenters. The highest BCUT2D eigenvalue weighted by atomic mass is 19.4. The van der Waals surface area contributed by atoms with Crippen LogP contribution in [0.3, 0.4) is 0 Å². The van der Waals surface area contributed by atoms with Crippen LogP contribution in [0.25, 0.3) is 16.9 Å². The van der Waals surface area contributed by atoms with E-state index in [9.17, 15) is 18.0 Å². The standard InChI is InChI=1S/C19H19F3N4O2/c1-4-28-14-7-5-6-13(9-14)15-8-11(2)26-10-23-16(17(26)25-15)18(27)24-12(3)19(20,21)22/h5-10,12H,4H2,1-3H3,(H,24,27). The van der Waals surface area contributed by atoms with Crippen LogP contribution in [0.1, 0.15) is 30.0 Å². The van der Waals surface area contributed by atoms with Crippen molar-refractivity contribution in [3.8, 4) is 17.0 Å². The van der Waals surface area contributed by atoms with Crippen LogP contribution >= 0.6 is 0 Å². The van der Waals surface area contributed by atoms with Crippen molar-refractivity contribution < 1.29 is 22.7 Å². The molecule has 2 heterocycles. The van der Waals surface area contributed by atoms with Gasteiger partial charge in [0.15, 0.2) is 11.3 Å². The topological polar surface area (TPSA) is 68.5 Å². The van der Waals surface area contributed by atoms with Crippen molar-refractivity contribution in [3.05, 3.63) is 48.0 Å². The number of nitrogens with one attached hydrogen (secondary N) is 1. The molecule has 0 saturated heterocycles. The number of aromatic nitrogens is 3. The van der Waals surface area contributed by atoms with Crippen molar-refractivity contribution in [1.29, 1.82) is 0 Å². The van der Waals surface area contributed by atoms with Gasteiger partial charge in [0, 0.05) is 11.3 Å². The van der Waals surface area contributed by atoms with Crippen molar-refractivity contribution in [3.63, 3.8) is 0 Å². The summed E-state index contributed by atoms with van der Waals surface area (Å²) >= 11 is 0. The fourth-order valence-corrected chi connectivity index (χ4v) is 2.69. The van der Waals surface area contributed by atoms with Crippen LogP contribution < -0.4 is 10.1 Å². The number of hydrogen-bond acceptors (Lipinski definition) is 4. The summed E-state index contributed by atoms with van der Waals surface area (Å²) < 4.78 is 45.3. The Labute approximate surface area is 159 Å². The minimum absolute atomic E-state index is 0.165. The summed E-state index contributed by atoms with van der Waals surface area (Å²) in [6.45, 7) is 5.06. The predicted molar refractivity (Wildman–Crippen MR) is 97.3 cm³/mol. The lowest BCUT2D eigenvalue weighted by molar-refractivity contribution is -0.149. The van der Waals surface area contributed by atoms with Gasteiger partial charge in [-0.05, 0) is 39.0 Å². The van der Waals surface area contributed by atoms with Crippen LogP contribution in [0.2, 0.25) is 0 Å². The minimum atomic E-state index is -4.54. The van der Waals surface area contributed by atoms with Crippen LogP contribution in [-0.2, 0) is 0 Å². The van der Waals surface area contributed by atoms with Gasteiger partial charge in [-0.1, -0.05) is 12.1 Å². The molecule has 148 valence electrons. The molecular weight excluding hydrogens is 373 g/mol. The molecule has 0 aliphatic carbocycles. The first kappa shape index (κ1) is 19.7. The van der Waals surface area contributed by atoms with Crippen molar-refractivity contribution in [2.45, 2.75) is 33.0 Å². The van der Waals surface area contributed by atoms with Gasteiger partial charge in [0.05, 0.1) is 12.3 Å². The summed E-state index contributed by atoms with van der Waals surface area (Å²) in [6, 6.07) is 7.08. The smallest absolute Gasteiger partial charge is 0.408 e. The van der Waals surface area contributed by atoms with E-state index in [0.29, 0.717) is 18.1 Å². The molecule has 1 atom stereocenters. The molecule has 0 aliphatic heterocycles. The van der Waals surface area contributed by atoms with Crippen molar-refractivity contribution in [1.82, 2.24) is 19.7 Å². The molecule has 1 aromatic carbocycles. The first-order chi connectivity index (χ1) is 13.2. The SMILES string of the molecule is CCOc1cccc(-c2cc(C)n3cnc(C(=O)NC(C)C(F)(F)F)c3n2)c1. The van der Waals surface area contributed by atoms with E-state index < -0.39 is 18.1 Å². The number of imidazole rings is 1. The van der Waals surface area contributed by atoms with Crippen LogP contribution in [0.4, 0.5) is 13.2 Å². The van der Waals surface area contributed by atoms with Gasteiger partial charge in [0.1, 0.15) is 18.1 Å². The molecule has 0 fully saturated rings. The third-order valence-electron chi connectivity index (χ3n) is 4.19. The van der Waals surface area contributed by atoms with Crippen LogP contribution in [0, 0.1) is 6.92 Å². The first-order valence-electron chi connectivity index (χ1n) is 8.66. The Morgan fingerprint density at radius 3 is 2.75 bits per heavy atom. The second kappa shape index (κ2) is 7.49. The third kappa shape index (κ3) is 3.92. The zero-order valence-electron chi connectivity index (χ0n) is 15.5. The number of carbonyl (C=O) groups excluding carboxylic acids is 1. The summed E-state index contributed by atoms with van der Waals surface area (Å²) in [5, 5.41) is 1.92. The Hall–Kier alpha value is -3.10. The molecule has 0 radical (unpaired) electrons. The number of ether oxygens (including phenoxy) is 1. The molecule has 0 saturated carbocycles. The lowest BCUT2D eigenvalue weighted by atomic mass is 10.1. The zero-order chi connectivity index (χ0) is 20.5. The maximum atomic E-state index is 12.7. The first-order valence-corrected chi connectivity index (χ1v) is 8.66. The van der Waals surface area contributed by atoms with E-state index in [1.54, 1.807) is 17.4 Å². The molecule has 9 heteroatoms. The van der Waals surface area contributed by atoms with Gasteiger partial charge < -0.3 is 10.1 Å². The van der Waals surface area contributed by atoms with E-state index in [-0.39, 0.29) is 11.3 Å². The molecule has 1 amide bonds.